The van der Waals surface area contributed by atoms with Crippen molar-refractivity contribution in [3.05, 3.63) is 131 Å². The summed E-state index contributed by atoms with van der Waals surface area (Å²) >= 11 is 0. The molecule has 2 N–H and O–H groups in total. The standard InChI is InChI=1S/C40H44N2O6/c1-28-36(26-42-19-17-40(18-20-42)45-21-22-46-40)47-39(48-37(28)31-15-13-29(27-43)14-16-31)35-12-6-11-34(24-35)33-10-5-7-30(23-33)25-41-38(44)32-8-3-2-4-9-32/h2-16,23-24,28,36-37,39,43H,17-22,25-27H2,1H3,(H,41,44)/t28-,36+,37+,39+/m1/s1. The zero-order valence-corrected chi connectivity index (χ0v) is 27.4. The number of carbonyl (C=O) groups is 1. The van der Waals surface area contributed by atoms with Gasteiger partial charge < -0.3 is 34.3 Å². The number of nitrogens with one attached hydrogen (secondary N) is 1. The first-order valence-electron chi connectivity index (χ1n) is 17.0. The summed E-state index contributed by atoms with van der Waals surface area (Å²) in [7, 11) is 0. The average molecular weight is 649 g/mol. The number of aliphatic hydroxyl groups excluding tert-OH is 1. The zero-order chi connectivity index (χ0) is 32.9. The Morgan fingerprint density at radius 1 is 0.812 bits per heavy atom. The van der Waals surface area contributed by atoms with E-state index in [1.807, 2.05) is 60.7 Å². The molecule has 3 aliphatic rings. The number of aliphatic hydroxyl groups is 1. The molecule has 1 amide bonds. The van der Waals surface area contributed by atoms with Crippen molar-refractivity contribution in [2.75, 3.05) is 32.8 Å². The van der Waals surface area contributed by atoms with E-state index in [9.17, 15) is 9.90 Å². The van der Waals surface area contributed by atoms with E-state index in [4.69, 9.17) is 18.9 Å². The molecule has 7 rings (SSSR count). The molecule has 8 heteroatoms. The summed E-state index contributed by atoms with van der Waals surface area (Å²) in [5.74, 6) is -0.408. The number of amides is 1. The van der Waals surface area contributed by atoms with Crippen molar-refractivity contribution in [3.8, 4) is 11.1 Å². The fraction of sp³-hybridized carbons (Fsp3) is 0.375. The number of carbonyl (C=O) groups excluding carboxylic acids is 1. The van der Waals surface area contributed by atoms with Gasteiger partial charge in [-0.1, -0.05) is 85.8 Å². The first-order valence-corrected chi connectivity index (χ1v) is 17.0. The molecule has 4 aromatic rings. The Balaban J connectivity index is 1.09. The van der Waals surface area contributed by atoms with E-state index in [1.54, 1.807) is 0 Å². The highest BCUT2D eigenvalue weighted by molar-refractivity contribution is 5.94. The van der Waals surface area contributed by atoms with E-state index >= 15 is 0 Å². The number of nitrogens with zero attached hydrogens (tertiary/aromatic N) is 1. The van der Waals surface area contributed by atoms with Gasteiger partial charge in [0.25, 0.3) is 5.91 Å². The van der Waals surface area contributed by atoms with Gasteiger partial charge in [0.05, 0.1) is 32.0 Å². The minimum atomic E-state index is -0.556. The van der Waals surface area contributed by atoms with Crippen LogP contribution in [0.2, 0.25) is 0 Å². The molecule has 0 bridgehead atoms. The molecule has 0 saturated carbocycles. The Bertz CT molecular complexity index is 1660. The molecule has 3 saturated heterocycles. The molecular formula is C40H44N2O6. The van der Waals surface area contributed by atoms with Crippen LogP contribution in [0.3, 0.4) is 0 Å². The van der Waals surface area contributed by atoms with Crippen molar-refractivity contribution in [2.24, 2.45) is 5.92 Å². The maximum absolute atomic E-state index is 12.6. The SMILES string of the molecule is C[C@@H]1[C@H](CN2CCC3(CC2)OCCO3)O[C@H](c2cccc(-c3cccc(CNC(=O)c4ccccc4)c3)c2)O[C@@H]1c1ccc(CO)cc1. The molecule has 3 heterocycles. The molecule has 8 nitrogen and oxygen atoms in total. The molecule has 0 unspecified atom stereocenters. The second kappa shape index (κ2) is 14.7. The van der Waals surface area contributed by atoms with Gasteiger partial charge in [-0.3, -0.25) is 4.79 Å². The fourth-order valence-electron chi connectivity index (χ4n) is 7.04. The summed E-state index contributed by atoms with van der Waals surface area (Å²) in [6.45, 7) is 6.57. The van der Waals surface area contributed by atoms with Gasteiger partial charge in [0.15, 0.2) is 12.1 Å². The van der Waals surface area contributed by atoms with Crippen molar-refractivity contribution >= 4 is 5.91 Å². The van der Waals surface area contributed by atoms with E-state index in [1.165, 1.54) is 0 Å². The maximum atomic E-state index is 12.6. The minimum absolute atomic E-state index is 0.00693. The van der Waals surface area contributed by atoms with Gasteiger partial charge in [0, 0.05) is 56.1 Å². The van der Waals surface area contributed by atoms with Gasteiger partial charge in [-0.2, -0.15) is 0 Å². The number of likely N-dealkylation sites (tertiary alicyclic amines) is 1. The highest BCUT2D eigenvalue weighted by Crippen LogP contribution is 2.43. The molecule has 3 fully saturated rings. The summed E-state index contributed by atoms with van der Waals surface area (Å²) in [6.07, 6.45) is 0.916. The number of rotatable bonds is 9. The molecule has 0 aliphatic carbocycles. The van der Waals surface area contributed by atoms with Crippen LogP contribution in [-0.2, 0) is 32.1 Å². The molecule has 0 radical (unpaired) electrons. The van der Waals surface area contributed by atoms with Crippen LogP contribution >= 0.6 is 0 Å². The first-order chi connectivity index (χ1) is 23.5. The Hall–Kier alpha value is -3.89. The molecule has 3 aliphatic heterocycles. The highest BCUT2D eigenvalue weighted by atomic mass is 16.7. The second-order valence-corrected chi connectivity index (χ2v) is 13.1. The van der Waals surface area contributed by atoms with Crippen LogP contribution in [0.25, 0.3) is 11.1 Å². The van der Waals surface area contributed by atoms with E-state index < -0.39 is 12.1 Å². The maximum Gasteiger partial charge on any atom is 0.251 e. The summed E-state index contributed by atoms with van der Waals surface area (Å²) < 4.78 is 25.5. The van der Waals surface area contributed by atoms with E-state index in [0.717, 1.165) is 65.9 Å². The molecular weight excluding hydrogens is 604 g/mol. The topological polar surface area (TPSA) is 89.5 Å². The monoisotopic (exact) mass is 648 g/mol. The summed E-state index contributed by atoms with van der Waals surface area (Å²) in [4.78, 5) is 15.1. The van der Waals surface area contributed by atoms with Crippen LogP contribution < -0.4 is 5.32 Å². The first kappa shape index (κ1) is 32.6. The molecule has 250 valence electrons. The molecule has 48 heavy (non-hydrogen) atoms. The van der Waals surface area contributed by atoms with Gasteiger partial charge in [-0.25, -0.2) is 0 Å². The molecule has 1 spiro atoms. The van der Waals surface area contributed by atoms with Gasteiger partial charge in [-0.05, 0) is 52.1 Å². The number of ether oxygens (including phenoxy) is 4. The Labute approximate surface area is 282 Å². The van der Waals surface area contributed by atoms with Crippen LogP contribution in [0.15, 0.2) is 103 Å². The summed E-state index contributed by atoms with van der Waals surface area (Å²) in [5.41, 5.74) is 6.67. The third-order valence-corrected chi connectivity index (χ3v) is 9.90. The number of hydrogen-bond acceptors (Lipinski definition) is 7. The van der Waals surface area contributed by atoms with Gasteiger partial charge in [0.2, 0.25) is 0 Å². The number of piperidine rings is 1. The smallest absolute Gasteiger partial charge is 0.251 e. The molecule has 4 aromatic carbocycles. The summed E-state index contributed by atoms with van der Waals surface area (Å²) in [6, 6.07) is 33.9. The van der Waals surface area contributed by atoms with Gasteiger partial charge >= 0.3 is 0 Å². The Morgan fingerprint density at radius 3 is 2.25 bits per heavy atom. The molecule has 0 aromatic heterocycles. The van der Waals surface area contributed by atoms with Crippen LogP contribution in [-0.4, -0.2) is 60.7 Å². The second-order valence-electron chi connectivity index (χ2n) is 13.1. The quantitative estimate of drug-likeness (QED) is 0.217. The summed E-state index contributed by atoms with van der Waals surface area (Å²) in [5, 5.41) is 12.7. The molecule has 4 atom stereocenters. The van der Waals surface area contributed by atoms with Gasteiger partial charge in [-0.15, -0.1) is 0 Å². The fourth-order valence-corrected chi connectivity index (χ4v) is 7.04. The Kier molecular flexibility index (Phi) is 10.00. The predicted octanol–water partition coefficient (Wildman–Crippen LogP) is 6.41. The Morgan fingerprint density at radius 2 is 1.52 bits per heavy atom. The van der Waals surface area contributed by atoms with Crippen molar-refractivity contribution in [1.82, 2.24) is 10.2 Å². The van der Waals surface area contributed by atoms with Crippen LogP contribution in [0.5, 0.6) is 0 Å². The normalized spacial score (nSPS) is 24.0. The average Bonchev–Trinajstić information content (AvgIpc) is 3.61. The van der Waals surface area contributed by atoms with Crippen molar-refractivity contribution in [1.29, 1.82) is 0 Å². The van der Waals surface area contributed by atoms with E-state index in [0.29, 0.717) is 25.3 Å². The van der Waals surface area contributed by atoms with Gasteiger partial charge in [0.1, 0.15) is 0 Å². The third-order valence-electron chi connectivity index (χ3n) is 9.90. The minimum Gasteiger partial charge on any atom is -0.392 e. The number of benzene rings is 4. The zero-order valence-electron chi connectivity index (χ0n) is 27.4. The lowest BCUT2D eigenvalue weighted by Crippen LogP contribution is -2.50. The predicted molar refractivity (Wildman–Crippen MR) is 183 cm³/mol. The van der Waals surface area contributed by atoms with Crippen LogP contribution in [0.4, 0.5) is 0 Å². The third kappa shape index (κ3) is 7.39. The van der Waals surface area contributed by atoms with Crippen molar-refractivity contribution in [2.45, 2.75) is 57.2 Å². The van der Waals surface area contributed by atoms with Crippen molar-refractivity contribution in [3.63, 3.8) is 0 Å². The lowest BCUT2D eigenvalue weighted by molar-refractivity contribution is -0.278. The number of hydrogen-bond donors (Lipinski definition) is 2. The highest BCUT2D eigenvalue weighted by Gasteiger charge is 2.43. The lowest BCUT2D eigenvalue weighted by atomic mass is 9.89. The van der Waals surface area contributed by atoms with Crippen LogP contribution in [0.1, 0.15) is 64.8 Å². The lowest BCUT2D eigenvalue weighted by Gasteiger charge is -2.44. The van der Waals surface area contributed by atoms with Crippen LogP contribution in [0, 0.1) is 5.92 Å². The van der Waals surface area contributed by atoms with E-state index in [-0.39, 0.29) is 30.6 Å². The van der Waals surface area contributed by atoms with Crippen molar-refractivity contribution < 1.29 is 28.8 Å². The van der Waals surface area contributed by atoms with E-state index in [2.05, 4.69) is 59.6 Å². The largest absolute Gasteiger partial charge is 0.392 e.